The van der Waals surface area contributed by atoms with Gasteiger partial charge in [0.1, 0.15) is 22.7 Å². The van der Waals surface area contributed by atoms with Crippen molar-refractivity contribution in [2.45, 2.75) is 24.9 Å². The van der Waals surface area contributed by atoms with Gasteiger partial charge in [-0.05, 0) is 64.0 Å². The molecule has 0 N–H and O–H groups in total. The molecule has 2 heterocycles. The van der Waals surface area contributed by atoms with Crippen LogP contribution in [0.25, 0.3) is 54.8 Å². The lowest BCUT2D eigenvalue weighted by Gasteiger charge is -2.38. The Morgan fingerprint density at radius 2 is 1.43 bits per heavy atom. The van der Waals surface area contributed by atoms with Crippen molar-refractivity contribution in [2.75, 3.05) is 7.11 Å². The molecule has 6 aromatic carbocycles. The first kappa shape index (κ1) is 26.6. The summed E-state index contributed by atoms with van der Waals surface area (Å²) in [5, 5.41) is 4.33. The smallest absolute Gasteiger partial charge is 0.187 e. The van der Waals surface area contributed by atoms with Gasteiger partial charge in [-0.3, -0.25) is 0 Å². The number of ether oxygens (including phenoxy) is 2. The number of fused-ring (bicyclic) bond motifs is 11. The van der Waals surface area contributed by atoms with Crippen molar-refractivity contribution in [3.05, 3.63) is 155 Å². The first-order valence-corrected chi connectivity index (χ1v) is 15.5. The number of nitrogens with zero attached hydrogens (tertiary/aromatic N) is 1. The molecule has 0 saturated heterocycles. The van der Waals surface area contributed by atoms with Crippen LogP contribution in [0, 0.1) is 6.57 Å². The molecular formula is C42H29NO3. The van der Waals surface area contributed by atoms with Crippen LogP contribution in [0.1, 0.15) is 41.7 Å². The minimum absolute atomic E-state index is 0.331. The van der Waals surface area contributed by atoms with Crippen LogP contribution in [-0.4, -0.2) is 7.11 Å². The fraction of sp³-hybridized carbons (Fsp3) is 0.119. The van der Waals surface area contributed by atoms with Crippen molar-refractivity contribution in [2.24, 2.45) is 0 Å². The van der Waals surface area contributed by atoms with Gasteiger partial charge >= 0.3 is 0 Å². The summed E-state index contributed by atoms with van der Waals surface area (Å²) in [4.78, 5) is 3.76. The molecule has 1 atom stereocenters. The van der Waals surface area contributed by atoms with E-state index in [0.717, 1.165) is 60.9 Å². The van der Waals surface area contributed by atoms with Crippen molar-refractivity contribution in [3.8, 4) is 22.6 Å². The molecule has 0 saturated carbocycles. The predicted molar refractivity (Wildman–Crippen MR) is 185 cm³/mol. The molecule has 0 radical (unpaired) electrons. The zero-order chi connectivity index (χ0) is 31.2. The normalized spacial score (nSPS) is 17.3. The van der Waals surface area contributed by atoms with Crippen LogP contribution < -0.4 is 9.47 Å². The van der Waals surface area contributed by atoms with Gasteiger partial charge in [0.05, 0.1) is 13.7 Å². The Balaban J connectivity index is 1.34. The maximum Gasteiger partial charge on any atom is 0.187 e. The summed E-state index contributed by atoms with van der Waals surface area (Å²) in [5.41, 5.74) is 9.01. The summed E-state index contributed by atoms with van der Waals surface area (Å²) >= 11 is 0. The Hall–Kier alpha value is -5.79. The van der Waals surface area contributed by atoms with Crippen LogP contribution in [0.3, 0.4) is 0 Å². The minimum atomic E-state index is -0.921. The number of para-hydroxylation sites is 1. The van der Waals surface area contributed by atoms with Crippen LogP contribution in [0.2, 0.25) is 0 Å². The van der Waals surface area contributed by atoms with E-state index in [9.17, 15) is 0 Å². The lowest BCUT2D eigenvalue weighted by molar-refractivity contribution is 0.163. The molecule has 4 nitrogen and oxygen atoms in total. The maximum absolute atomic E-state index is 7.68. The van der Waals surface area contributed by atoms with Gasteiger partial charge in [-0.15, -0.1) is 0 Å². The highest BCUT2D eigenvalue weighted by Crippen LogP contribution is 2.58. The second kappa shape index (κ2) is 9.36. The Morgan fingerprint density at radius 3 is 2.22 bits per heavy atom. The van der Waals surface area contributed by atoms with Gasteiger partial charge in [0.15, 0.2) is 11.3 Å². The molecule has 2 aliphatic rings. The second-order valence-electron chi connectivity index (χ2n) is 12.7. The highest BCUT2D eigenvalue weighted by molar-refractivity contribution is 6.09. The van der Waals surface area contributed by atoms with Crippen molar-refractivity contribution < 1.29 is 13.9 Å². The lowest BCUT2D eigenvalue weighted by atomic mass is 9.76. The van der Waals surface area contributed by atoms with Gasteiger partial charge in [-0.1, -0.05) is 98.8 Å². The van der Waals surface area contributed by atoms with Crippen molar-refractivity contribution >= 4 is 44.5 Å². The quantitative estimate of drug-likeness (QED) is 0.191. The highest BCUT2D eigenvalue weighted by atomic mass is 16.5. The number of benzene rings is 6. The van der Waals surface area contributed by atoms with E-state index in [4.69, 9.17) is 20.5 Å². The second-order valence-corrected chi connectivity index (χ2v) is 12.7. The van der Waals surface area contributed by atoms with Gasteiger partial charge in [-0.2, -0.15) is 0 Å². The summed E-state index contributed by atoms with van der Waals surface area (Å²) in [6.45, 7) is 12.2. The van der Waals surface area contributed by atoms with E-state index >= 15 is 0 Å². The molecule has 9 rings (SSSR count). The van der Waals surface area contributed by atoms with E-state index < -0.39 is 5.60 Å². The summed E-state index contributed by atoms with van der Waals surface area (Å²) in [7, 11) is 1.68. The molecule has 1 aromatic heterocycles. The molecule has 1 aliphatic carbocycles. The third kappa shape index (κ3) is 3.49. The largest absolute Gasteiger partial charge is 0.497 e. The Kier molecular flexibility index (Phi) is 5.41. The average Bonchev–Trinajstić information content (AvgIpc) is 3.59. The minimum Gasteiger partial charge on any atom is -0.497 e. The van der Waals surface area contributed by atoms with Crippen molar-refractivity contribution in [3.63, 3.8) is 0 Å². The van der Waals surface area contributed by atoms with Gasteiger partial charge in [0, 0.05) is 38.3 Å². The van der Waals surface area contributed by atoms with E-state index in [2.05, 4.69) is 104 Å². The first-order valence-electron chi connectivity index (χ1n) is 15.5. The van der Waals surface area contributed by atoms with Crippen molar-refractivity contribution in [1.82, 2.24) is 0 Å². The van der Waals surface area contributed by atoms with Gasteiger partial charge in [-0.25, -0.2) is 4.85 Å². The van der Waals surface area contributed by atoms with Crippen LogP contribution in [0.4, 0.5) is 5.69 Å². The molecule has 0 fully saturated rings. The fourth-order valence-electron chi connectivity index (χ4n) is 7.76. The van der Waals surface area contributed by atoms with Crippen LogP contribution in [-0.2, 0) is 11.0 Å². The Morgan fingerprint density at radius 1 is 0.717 bits per heavy atom. The third-order valence-corrected chi connectivity index (χ3v) is 9.98. The van der Waals surface area contributed by atoms with Gasteiger partial charge in [0.25, 0.3) is 0 Å². The topological polar surface area (TPSA) is 36.0 Å². The zero-order valence-corrected chi connectivity index (χ0v) is 25.7. The first-order chi connectivity index (χ1) is 22.4. The SMILES string of the molecule is [C-]#[N+]c1ccc2c(c1)C(C)(C)c1c3c(c4ccccc4c1-2)OC(c1ccc(OC)cc1)(c1ccc2oc4ccccc4c2c1)C=C3. The summed E-state index contributed by atoms with van der Waals surface area (Å²) in [6.07, 6.45) is 4.47. The fourth-order valence-corrected chi connectivity index (χ4v) is 7.76. The molecule has 7 aromatic rings. The Labute approximate surface area is 266 Å². The molecule has 0 bridgehead atoms. The molecule has 46 heavy (non-hydrogen) atoms. The number of rotatable bonds is 3. The molecule has 0 spiro atoms. The van der Waals surface area contributed by atoms with Crippen molar-refractivity contribution in [1.29, 1.82) is 0 Å². The van der Waals surface area contributed by atoms with E-state index in [1.54, 1.807) is 7.11 Å². The number of hydrogen-bond donors (Lipinski definition) is 0. The number of hydrogen-bond acceptors (Lipinski definition) is 3. The van der Waals surface area contributed by atoms with Crippen LogP contribution in [0.15, 0.2) is 120 Å². The molecule has 4 heteroatoms. The monoisotopic (exact) mass is 595 g/mol. The summed E-state index contributed by atoms with van der Waals surface area (Å²) < 4.78 is 19.2. The molecular weight excluding hydrogens is 566 g/mol. The van der Waals surface area contributed by atoms with Gasteiger partial charge < -0.3 is 13.9 Å². The zero-order valence-electron chi connectivity index (χ0n) is 25.7. The number of methoxy groups -OCH3 is 1. The molecule has 0 amide bonds. The molecule has 220 valence electrons. The van der Waals surface area contributed by atoms with E-state index in [1.165, 1.54) is 22.3 Å². The summed E-state index contributed by atoms with van der Waals surface area (Å²) in [5.74, 6) is 1.65. The van der Waals surface area contributed by atoms with E-state index in [-0.39, 0.29) is 5.41 Å². The maximum atomic E-state index is 7.68. The average molecular weight is 596 g/mol. The standard InChI is InChI=1S/C42H29NO3/c1-41(2)35-24-27(43-3)16-19-32(35)38-30-10-5-6-11-31(30)40-33(39(38)41)21-22-42(46-40,25-13-17-28(44-4)18-14-25)26-15-20-37-34(23-26)29-9-7-8-12-36(29)45-37/h5-24H,1-2,4H3. The van der Waals surface area contributed by atoms with E-state index in [1.807, 2.05) is 36.4 Å². The van der Waals surface area contributed by atoms with E-state index in [0.29, 0.717) is 5.69 Å². The van der Waals surface area contributed by atoms with Crippen LogP contribution in [0.5, 0.6) is 11.5 Å². The highest BCUT2D eigenvalue weighted by Gasteiger charge is 2.44. The third-order valence-electron chi connectivity index (χ3n) is 9.98. The lowest BCUT2D eigenvalue weighted by Crippen LogP contribution is -2.35. The van der Waals surface area contributed by atoms with Crippen LogP contribution >= 0.6 is 0 Å². The molecule has 1 aliphatic heterocycles. The molecule has 1 unspecified atom stereocenters. The van der Waals surface area contributed by atoms with Gasteiger partial charge in [0.2, 0.25) is 0 Å². The summed E-state index contributed by atoms with van der Waals surface area (Å²) in [6, 6.07) is 37.4. The predicted octanol–water partition coefficient (Wildman–Crippen LogP) is 11.0. The number of furan rings is 1. The Bertz CT molecular complexity index is 2470.